The first kappa shape index (κ1) is 18.9. The predicted octanol–water partition coefficient (Wildman–Crippen LogP) is 4.14. The predicted molar refractivity (Wildman–Crippen MR) is 107 cm³/mol. The van der Waals surface area contributed by atoms with Gasteiger partial charge in [-0.2, -0.15) is 0 Å². The number of rotatable bonds is 6. The minimum absolute atomic E-state index is 0.0102. The van der Waals surface area contributed by atoms with Gasteiger partial charge < -0.3 is 5.32 Å². The Hall–Kier alpha value is -2.84. The first-order valence-corrected chi connectivity index (χ1v) is 9.28. The van der Waals surface area contributed by atoms with Gasteiger partial charge in [-0.25, -0.2) is 4.98 Å². The molecule has 1 heterocycles. The highest BCUT2D eigenvalue weighted by Crippen LogP contribution is 2.29. The summed E-state index contributed by atoms with van der Waals surface area (Å²) in [6, 6.07) is 12.6. The number of carbonyl (C=O) groups is 1. The molecule has 1 N–H and O–H groups in total. The van der Waals surface area contributed by atoms with Crippen LogP contribution in [0.3, 0.4) is 0 Å². The number of fused-ring (bicyclic) bond motifs is 1. The standard InChI is InChI=1S/C19H20N4O3S/c1-12-14(8-6-9-16(12)23(25)26)20-18(24)11-22(3)13(2)19-21-15-7-4-5-10-17(15)27-19/h4-10,13H,11H2,1-3H3,(H,20,24). The molecule has 1 atom stereocenters. The lowest BCUT2D eigenvalue weighted by atomic mass is 10.1. The van der Waals surface area contributed by atoms with Crippen molar-refractivity contribution >= 4 is 38.8 Å². The number of benzene rings is 2. The number of carbonyl (C=O) groups excluding carboxylic acids is 1. The van der Waals surface area contributed by atoms with E-state index >= 15 is 0 Å². The summed E-state index contributed by atoms with van der Waals surface area (Å²) in [5.41, 5.74) is 1.84. The van der Waals surface area contributed by atoms with Gasteiger partial charge in [-0.15, -0.1) is 11.3 Å². The van der Waals surface area contributed by atoms with Crippen LogP contribution in [0.15, 0.2) is 42.5 Å². The number of likely N-dealkylation sites (N-methyl/N-ethyl adjacent to an activating group) is 1. The quantitative estimate of drug-likeness (QED) is 0.510. The maximum absolute atomic E-state index is 12.4. The lowest BCUT2D eigenvalue weighted by molar-refractivity contribution is -0.385. The van der Waals surface area contributed by atoms with Gasteiger partial charge in [0.2, 0.25) is 5.91 Å². The average Bonchev–Trinajstić information content (AvgIpc) is 3.06. The fraction of sp³-hybridized carbons (Fsp3) is 0.263. The molecule has 2 aromatic carbocycles. The molecule has 1 aromatic heterocycles. The van der Waals surface area contributed by atoms with E-state index in [0.29, 0.717) is 11.3 Å². The molecule has 140 valence electrons. The summed E-state index contributed by atoms with van der Waals surface area (Å²) in [6.45, 7) is 3.78. The van der Waals surface area contributed by atoms with Gasteiger partial charge in [0, 0.05) is 6.07 Å². The molecule has 0 fully saturated rings. The second-order valence-electron chi connectivity index (χ2n) is 6.37. The van der Waals surface area contributed by atoms with Crippen molar-refractivity contribution in [1.82, 2.24) is 9.88 Å². The van der Waals surface area contributed by atoms with Gasteiger partial charge in [0.25, 0.3) is 5.69 Å². The number of hydrogen-bond acceptors (Lipinski definition) is 6. The average molecular weight is 384 g/mol. The summed E-state index contributed by atoms with van der Waals surface area (Å²) in [5.74, 6) is -0.228. The van der Waals surface area contributed by atoms with Crippen molar-refractivity contribution in [3.8, 4) is 0 Å². The summed E-state index contributed by atoms with van der Waals surface area (Å²) in [5, 5.41) is 14.7. The van der Waals surface area contributed by atoms with Gasteiger partial charge in [-0.05, 0) is 39.1 Å². The molecule has 3 aromatic rings. The highest BCUT2D eigenvalue weighted by Gasteiger charge is 2.20. The molecule has 0 aliphatic rings. The second-order valence-corrected chi connectivity index (χ2v) is 7.43. The van der Waals surface area contributed by atoms with Crippen LogP contribution >= 0.6 is 11.3 Å². The first-order chi connectivity index (χ1) is 12.9. The molecule has 0 saturated carbocycles. The lowest BCUT2D eigenvalue weighted by Gasteiger charge is -2.22. The van der Waals surface area contributed by atoms with Crippen LogP contribution in [-0.2, 0) is 4.79 Å². The van der Waals surface area contributed by atoms with Crippen LogP contribution in [0.2, 0.25) is 0 Å². The Morgan fingerprint density at radius 2 is 2.04 bits per heavy atom. The fourth-order valence-electron chi connectivity index (χ4n) is 2.77. The van der Waals surface area contributed by atoms with Crippen molar-refractivity contribution in [1.29, 1.82) is 0 Å². The van der Waals surface area contributed by atoms with Gasteiger partial charge in [0.05, 0.1) is 39.0 Å². The minimum atomic E-state index is -0.452. The molecule has 0 radical (unpaired) electrons. The van der Waals surface area contributed by atoms with E-state index in [-0.39, 0.29) is 24.2 Å². The minimum Gasteiger partial charge on any atom is -0.324 e. The monoisotopic (exact) mass is 384 g/mol. The van der Waals surface area contributed by atoms with E-state index < -0.39 is 4.92 Å². The topological polar surface area (TPSA) is 88.4 Å². The number of nitrogens with zero attached hydrogens (tertiary/aromatic N) is 3. The second kappa shape index (κ2) is 7.81. The number of thiazole rings is 1. The third-order valence-electron chi connectivity index (χ3n) is 4.50. The van der Waals surface area contributed by atoms with Crippen LogP contribution in [0.4, 0.5) is 11.4 Å². The van der Waals surface area contributed by atoms with Gasteiger partial charge in [-0.1, -0.05) is 18.2 Å². The number of nitro benzene ring substituents is 1. The Balaban J connectivity index is 1.68. The van der Waals surface area contributed by atoms with Crippen molar-refractivity contribution in [3.63, 3.8) is 0 Å². The first-order valence-electron chi connectivity index (χ1n) is 8.46. The number of nitrogens with one attached hydrogen (secondary N) is 1. The summed E-state index contributed by atoms with van der Waals surface area (Å²) < 4.78 is 1.12. The van der Waals surface area contributed by atoms with E-state index in [1.165, 1.54) is 6.07 Å². The van der Waals surface area contributed by atoms with E-state index in [9.17, 15) is 14.9 Å². The number of anilines is 1. The highest BCUT2D eigenvalue weighted by molar-refractivity contribution is 7.18. The van der Waals surface area contributed by atoms with Crippen molar-refractivity contribution in [3.05, 3.63) is 63.1 Å². The number of aromatic nitrogens is 1. The molecule has 0 aliphatic carbocycles. The lowest BCUT2D eigenvalue weighted by Crippen LogP contribution is -2.32. The van der Waals surface area contributed by atoms with Gasteiger partial charge in [0.15, 0.2) is 0 Å². The molecule has 1 unspecified atom stereocenters. The fourth-order valence-corrected chi connectivity index (χ4v) is 3.85. The van der Waals surface area contributed by atoms with E-state index in [2.05, 4.69) is 10.3 Å². The maximum Gasteiger partial charge on any atom is 0.274 e. The van der Waals surface area contributed by atoms with Crippen molar-refractivity contribution in [2.45, 2.75) is 19.9 Å². The largest absolute Gasteiger partial charge is 0.324 e. The zero-order chi connectivity index (χ0) is 19.6. The Morgan fingerprint density at radius 3 is 2.74 bits per heavy atom. The summed E-state index contributed by atoms with van der Waals surface area (Å²) in [6.07, 6.45) is 0. The van der Waals surface area contributed by atoms with Crippen LogP contribution in [0.1, 0.15) is 23.5 Å². The van der Waals surface area contributed by atoms with Crippen LogP contribution in [0, 0.1) is 17.0 Å². The van der Waals surface area contributed by atoms with E-state index in [4.69, 9.17) is 0 Å². The van der Waals surface area contributed by atoms with Crippen molar-refractivity contribution in [2.24, 2.45) is 0 Å². The van der Waals surface area contributed by atoms with Crippen LogP contribution in [-0.4, -0.2) is 34.3 Å². The van der Waals surface area contributed by atoms with Crippen LogP contribution in [0.5, 0.6) is 0 Å². The third kappa shape index (κ3) is 4.12. The Bertz CT molecular complexity index is 969. The van der Waals surface area contributed by atoms with Gasteiger partial charge >= 0.3 is 0 Å². The summed E-state index contributed by atoms with van der Waals surface area (Å²) in [4.78, 5) is 29.6. The molecule has 7 nitrogen and oxygen atoms in total. The third-order valence-corrected chi connectivity index (χ3v) is 5.70. The van der Waals surface area contributed by atoms with E-state index in [1.54, 1.807) is 30.4 Å². The van der Waals surface area contributed by atoms with Crippen molar-refractivity contribution in [2.75, 3.05) is 18.9 Å². The SMILES string of the molecule is Cc1c(NC(=O)CN(C)C(C)c2nc3ccccc3s2)cccc1[N+](=O)[O-]. The summed E-state index contributed by atoms with van der Waals surface area (Å²) >= 11 is 1.61. The molecular formula is C19H20N4O3S. The molecule has 0 saturated heterocycles. The van der Waals surface area contributed by atoms with E-state index in [0.717, 1.165) is 15.2 Å². The van der Waals surface area contributed by atoms with Crippen LogP contribution < -0.4 is 5.32 Å². The summed E-state index contributed by atoms with van der Waals surface area (Å²) in [7, 11) is 1.86. The Labute approximate surface area is 160 Å². The molecule has 3 rings (SSSR count). The maximum atomic E-state index is 12.4. The highest BCUT2D eigenvalue weighted by atomic mass is 32.1. The molecule has 27 heavy (non-hydrogen) atoms. The van der Waals surface area contributed by atoms with Crippen molar-refractivity contribution < 1.29 is 9.72 Å². The zero-order valence-corrected chi connectivity index (χ0v) is 16.1. The normalized spacial score (nSPS) is 12.3. The number of hydrogen-bond donors (Lipinski definition) is 1. The number of para-hydroxylation sites is 1. The molecular weight excluding hydrogens is 364 g/mol. The molecule has 0 bridgehead atoms. The van der Waals surface area contributed by atoms with Crippen LogP contribution in [0.25, 0.3) is 10.2 Å². The smallest absolute Gasteiger partial charge is 0.274 e. The van der Waals surface area contributed by atoms with E-state index in [1.807, 2.05) is 43.1 Å². The zero-order valence-electron chi connectivity index (χ0n) is 15.3. The molecule has 1 amide bonds. The number of nitro groups is 1. The van der Waals surface area contributed by atoms with Gasteiger partial charge in [-0.3, -0.25) is 19.8 Å². The molecule has 8 heteroatoms. The Morgan fingerprint density at radius 1 is 1.30 bits per heavy atom. The van der Waals surface area contributed by atoms with Gasteiger partial charge in [0.1, 0.15) is 5.01 Å². The molecule has 0 aliphatic heterocycles. The number of amides is 1. The molecule has 0 spiro atoms. The Kier molecular flexibility index (Phi) is 5.48.